The lowest BCUT2D eigenvalue weighted by Gasteiger charge is -2.06. The van der Waals surface area contributed by atoms with Crippen LogP contribution < -0.4 is 9.47 Å². The van der Waals surface area contributed by atoms with E-state index in [-0.39, 0.29) is 0 Å². The van der Waals surface area contributed by atoms with Crippen LogP contribution in [-0.2, 0) is 0 Å². The average Bonchev–Trinajstić information content (AvgIpc) is 2.90. The maximum Gasteiger partial charge on any atom is 0.163 e. The molecule has 0 atom stereocenters. The predicted octanol–water partition coefficient (Wildman–Crippen LogP) is 3.86. The number of fused-ring (bicyclic) bond motifs is 1. The molecule has 0 spiro atoms. The number of H-pyrrole nitrogens is 1. The standard InChI is InChI=1S/C17H18N2O2/c1-10-6-5-7-12(11(10)2)17-18-13-8-15(20-3)16(21-4)9-14(13)19-17/h5-9H,1-4H3,(H,18,19). The molecule has 1 N–H and O–H groups in total. The summed E-state index contributed by atoms with van der Waals surface area (Å²) in [6.45, 7) is 4.21. The van der Waals surface area contributed by atoms with Gasteiger partial charge in [-0.25, -0.2) is 4.98 Å². The van der Waals surface area contributed by atoms with Gasteiger partial charge in [-0.15, -0.1) is 0 Å². The maximum atomic E-state index is 5.33. The number of aryl methyl sites for hydroxylation is 1. The second kappa shape index (κ2) is 5.13. The minimum Gasteiger partial charge on any atom is -0.493 e. The lowest BCUT2D eigenvalue weighted by Crippen LogP contribution is -1.89. The third-order valence-corrected chi connectivity index (χ3v) is 3.85. The highest BCUT2D eigenvalue weighted by molar-refractivity contribution is 5.83. The number of hydrogen-bond acceptors (Lipinski definition) is 3. The lowest BCUT2D eigenvalue weighted by molar-refractivity contribution is 0.356. The molecular formula is C17H18N2O2. The van der Waals surface area contributed by atoms with Crippen molar-refractivity contribution < 1.29 is 9.47 Å². The number of rotatable bonds is 3. The molecule has 0 fully saturated rings. The Kier molecular flexibility index (Phi) is 3.29. The zero-order valence-electron chi connectivity index (χ0n) is 12.7. The van der Waals surface area contributed by atoms with Crippen LogP contribution >= 0.6 is 0 Å². The summed E-state index contributed by atoms with van der Waals surface area (Å²) in [6, 6.07) is 10.0. The van der Waals surface area contributed by atoms with Crippen molar-refractivity contribution in [2.24, 2.45) is 0 Å². The second-order valence-electron chi connectivity index (χ2n) is 5.06. The van der Waals surface area contributed by atoms with Crippen molar-refractivity contribution in [1.82, 2.24) is 9.97 Å². The van der Waals surface area contributed by atoms with E-state index in [9.17, 15) is 0 Å². The van der Waals surface area contributed by atoms with Gasteiger partial charge in [-0.05, 0) is 25.0 Å². The van der Waals surface area contributed by atoms with Gasteiger partial charge in [0.1, 0.15) is 5.82 Å². The number of methoxy groups -OCH3 is 2. The summed E-state index contributed by atoms with van der Waals surface area (Å²) in [5.41, 5.74) is 5.40. The summed E-state index contributed by atoms with van der Waals surface area (Å²) in [7, 11) is 3.26. The highest BCUT2D eigenvalue weighted by Crippen LogP contribution is 2.33. The van der Waals surface area contributed by atoms with Crippen LogP contribution in [0.15, 0.2) is 30.3 Å². The van der Waals surface area contributed by atoms with E-state index in [1.54, 1.807) is 14.2 Å². The number of aromatic nitrogens is 2. The van der Waals surface area contributed by atoms with Crippen LogP contribution in [0.25, 0.3) is 22.4 Å². The first-order valence-corrected chi connectivity index (χ1v) is 6.82. The summed E-state index contributed by atoms with van der Waals surface area (Å²) >= 11 is 0. The SMILES string of the molecule is COc1cc2nc(-c3cccc(C)c3C)[nH]c2cc1OC. The Morgan fingerprint density at radius 1 is 1.00 bits per heavy atom. The predicted molar refractivity (Wildman–Crippen MR) is 84.1 cm³/mol. The molecule has 3 rings (SSSR count). The van der Waals surface area contributed by atoms with Gasteiger partial charge in [-0.2, -0.15) is 0 Å². The summed E-state index contributed by atoms with van der Waals surface area (Å²) in [5, 5.41) is 0. The fourth-order valence-electron chi connectivity index (χ4n) is 2.47. The van der Waals surface area contributed by atoms with E-state index in [4.69, 9.17) is 9.47 Å². The first-order valence-electron chi connectivity index (χ1n) is 6.82. The Labute approximate surface area is 123 Å². The highest BCUT2D eigenvalue weighted by atomic mass is 16.5. The maximum absolute atomic E-state index is 5.33. The number of imidazole rings is 1. The number of benzene rings is 2. The molecule has 0 aliphatic rings. The van der Waals surface area contributed by atoms with Gasteiger partial charge in [0.15, 0.2) is 11.5 Å². The fourth-order valence-corrected chi connectivity index (χ4v) is 2.47. The Balaban J connectivity index is 2.19. The molecule has 0 saturated carbocycles. The van der Waals surface area contributed by atoms with E-state index in [1.807, 2.05) is 18.2 Å². The van der Waals surface area contributed by atoms with Gasteiger partial charge in [0, 0.05) is 17.7 Å². The molecule has 1 aromatic heterocycles. The molecule has 1 heterocycles. The number of aromatic amines is 1. The van der Waals surface area contributed by atoms with E-state index in [0.717, 1.165) is 22.4 Å². The number of hydrogen-bond donors (Lipinski definition) is 1. The van der Waals surface area contributed by atoms with Crippen molar-refractivity contribution in [3.8, 4) is 22.9 Å². The van der Waals surface area contributed by atoms with Gasteiger partial charge in [-0.1, -0.05) is 18.2 Å². The third-order valence-electron chi connectivity index (χ3n) is 3.85. The Bertz CT molecular complexity index is 765. The summed E-state index contributed by atoms with van der Waals surface area (Å²) in [6.07, 6.45) is 0. The molecule has 2 aromatic carbocycles. The lowest BCUT2D eigenvalue weighted by atomic mass is 10.0. The molecule has 0 aliphatic carbocycles. The molecule has 0 unspecified atom stereocenters. The summed E-state index contributed by atoms with van der Waals surface area (Å²) in [4.78, 5) is 8.04. The molecule has 0 bridgehead atoms. The molecule has 0 amide bonds. The van der Waals surface area contributed by atoms with Crippen molar-refractivity contribution in [2.45, 2.75) is 13.8 Å². The zero-order valence-corrected chi connectivity index (χ0v) is 12.7. The monoisotopic (exact) mass is 282 g/mol. The molecule has 3 aromatic rings. The van der Waals surface area contributed by atoms with Crippen molar-refractivity contribution in [3.63, 3.8) is 0 Å². The normalized spacial score (nSPS) is 10.9. The fraction of sp³-hybridized carbons (Fsp3) is 0.235. The quantitative estimate of drug-likeness (QED) is 0.793. The van der Waals surface area contributed by atoms with E-state index < -0.39 is 0 Å². The van der Waals surface area contributed by atoms with Crippen LogP contribution in [0.1, 0.15) is 11.1 Å². The van der Waals surface area contributed by atoms with Gasteiger partial charge in [-0.3, -0.25) is 0 Å². The Morgan fingerprint density at radius 3 is 2.43 bits per heavy atom. The van der Waals surface area contributed by atoms with E-state index in [0.29, 0.717) is 11.5 Å². The molecule has 21 heavy (non-hydrogen) atoms. The highest BCUT2D eigenvalue weighted by Gasteiger charge is 2.12. The molecule has 4 nitrogen and oxygen atoms in total. The van der Waals surface area contributed by atoms with Crippen molar-refractivity contribution in [1.29, 1.82) is 0 Å². The number of nitrogens with one attached hydrogen (secondary N) is 1. The Hall–Kier alpha value is -2.49. The van der Waals surface area contributed by atoms with Gasteiger partial charge in [0.05, 0.1) is 25.3 Å². The molecule has 0 saturated heterocycles. The number of nitrogens with zero attached hydrogens (tertiary/aromatic N) is 1. The van der Waals surface area contributed by atoms with Crippen LogP contribution in [0.5, 0.6) is 11.5 Å². The molecular weight excluding hydrogens is 264 g/mol. The molecule has 0 aliphatic heterocycles. The first kappa shape index (κ1) is 13.5. The second-order valence-corrected chi connectivity index (χ2v) is 5.06. The van der Waals surface area contributed by atoms with E-state index in [2.05, 4.69) is 35.9 Å². The Morgan fingerprint density at radius 2 is 1.71 bits per heavy atom. The molecule has 108 valence electrons. The minimum absolute atomic E-state index is 0.684. The smallest absolute Gasteiger partial charge is 0.163 e. The summed E-state index contributed by atoms with van der Waals surface area (Å²) in [5.74, 6) is 2.24. The van der Waals surface area contributed by atoms with E-state index in [1.165, 1.54) is 11.1 Å². The zero-order chi connectivity index (χ0) is 15.0. The van der Waals surface area contributed by atoms with Gasteiger partial charge in [0.25, 0.3) is 0 Å². The first-order chi connectivity index (χ1) is 10.1. The summed E-state index contributed by atoms with van der Waals surface area (Å²) < 4.78 is 10.7. The van der Waals surface area contributed by atoms with Crippen LogP contribution in [0.4, 0.5) is 0 Å². The van der Waals surface area contributed by atoms with E-state index >= 15 is 0 Å². The largest absolute Gasteiger partial charge is 0.493 e. The molecule has 0 radical (unpaired) electrons. The van der Waals surface area contributed by atoms with Gasteiger partial charge >= 0.3 is 0 Å². The van der Waals surface area contributed by atoms with Crippen LogP contribution in [0, 0.1) is 13.8 Å². The topological polar surface area (TPSA) is 47.1 Å². The van der Waals surface area contributed by atoms with Crippen LogP contribution in [-0.4, -0.2) is 24.2 Å². The third kappa shape index (κ3) is 2.23. The van der Waals surface area contributed by atoms with Gasteiger partial charge in [0.2, 0.25) is 0 Å². The van der Waals surface area contributed by atoms with Gasteiger partial charge < -0.3 is 14.5 Å². The van der Waals surface area contributed by atoms with Crippen molar-refractivity contribution in [2.75, 3.05) is 14.2 Å². The minimum atomic E-state index is 0.684. The molecule has 4 heteroatoms. The van der Waals surface area contributed by atoms with Crippen LogP contribution in [0.3, 0.4) is 0 Å². The number of ether oxygens (including phenoxy) is 2. The average molecular weight is 282 g/mol. The van der Waals surface area contributed by atoms with Crippen LogP contribution in [0.2, 0.25) is 0 Å². The van der Waals surface area contributed by atoms with Crippen molar-refractivity contribution >= 4 is 11.0 Å². The van der Waals surface area contributed by atoms with Crippen molar-refractivity contribution in [3.05, 3.63) is 41.5 Å².